The maximum atomic E-state index is 6.24. The second kappa shape index (κ2) is 12.4. The molecule has 0 amide bonds. The minimum absolute atomic E-state index is 0.204. The Kier molecular flexibility index (Phi) is 11.1. The third-order valence-corrected chi connectivity index (χ3v) is 5.45. The summed E-state index contributed by atoms with van der Waals surface area (Å²) >= 11 is 0. The molecule has 4 nitrogen and oxygen atoms in total. The van der Waals surface area contributed by atoms with E-state index in [1.54, 1.807) is 0 Å². The van der Waals surface area contributed by atoms with E-state index in [9.17, 15) is 0 Å². The lowest BCUT2D eigenvalue weighted by Gasteiger charge is -2.24. The first kappa shape index (κ1) is 30.5. The summed E-state index contributed by atoms with van der Waals surface area (Å²) in [5.74, 6) is 2.92. The Morgan fingerprint density at radius 3 is 0.706 bits per heavy atom. The fourth-order valence-electron chi connectivity index (χ4n) is 2.84. The third-order valence-electron chi connectivity index (χ3n) is 5.45. The van der Waals surface area contributed by atoms with Crippen molar-refractivity contribution in [3.05, 3.63) is 12.1 Å². The van der Waals surface area contributed by atoms with Crippen LogP contribution in [0.25, 0.3) is 0 Å². The maximum Gasteiger partial charge on any atom is 0.165 e. The highest BCUT2D eigenvalue weighted by molar-refractivity contribution is 5.54. The Bertz CT molecular complexity index is 602. The number of ether oxygens (including phenoxy) is 4. The summed E-state index contributed by atoms with van der Waals surface area (Å²) in [6, 6.07) is 3.92. The summed E-state index contributed by atoms with van der Waals surface area (Å²) in [6.45, 7) is 29.2. The molecule has 0 spiro atoms. The maximum absolute atomic E-state index is 6.24. The highest BCUT2D eigenvalue weighted by Gasteiger charge is 2.20. The van der Waals surface area contributed by atoms with Gasteiger partial charge in [0.15, 0.2) is 23.0 Å². The van der Waals surface area contributed by atoms with Gasteiger partial charge in [-0.1, -0.05) is 83.1 Å². The summed E-state index contributed by atoms with van der Waals surface area (Å²) < 4.78 is 24.9. The fraction of sp³-hybridized carbons (Fsp3) is 0.800. The van der Waals surface area contributed by atoms with Crippen LogP contribution in [0.5, 0.6) is 23.0 Å². The molecule has 0 aliphatic carbocycles. The van der Waals surface area contributed by atoms with Crippen LogP contribution < -0.4 is 18.9 Å². The largest absolute Gasteiger partial charge is 0.490 e. The Morgan fingerprint density at radius 2 is 0.559 bits per heavy atom. The number of benzene rings is 1. The van der Waals surface area contributed by atoms with Crippen LogP contribution in [0.2, 0.25) is 0 Å². The zero-order valence-corrected chi connectivity index (χ0v) is 24.4. The Hall–Kier alpha value is -1.58. The van der Waals surface area contributed by atoms with Gasteiger partial charge in [0.25, 0.3) is 0 Å². The summed E-state index contributed by atoms with van der Waals surface area (Å²) in [4.78, 5) is 0. The van der Waals surface area contributed by atoms with Gasteiger partial charge in [0.05, 0.1) is 26.4 Å². The van der Waals surface area contributed by atoms with E-state index < -0.39 is 0 Å². The van der Waals surface area contributed by atoms with E-state index in [1.807, 2.05) is 12.1 Å². The van der Waals surface area contributed by atoms with Gasteiger partial charge in [0.2, 0.25) is 0 Å². The van der Waals surface area contributed by atoms with Gasteiger partial charge in [0, 0.05) is 12.1 Å². The Morgan fingerprint density at radius 1 is 0.382 bits per heavy atom. The van der Waals surface area contributed by atoms with Gasteiger partial charge >= 0.3 is 0 Å². The van der Waals surface area contributed by atoms with Gasteiger partial charge in [0.1, 0.15) is 0 Å². The zero-order valence-electron chi connectivity index (χ0n) is 24.4. The van der Waals surface area contributed by atoms with Crippen LogP contribution in [0.1, 0.15) is 109 Å². The van der Waals surface area contributed by atoms with Crippen molar-refractivity contribution >= 4 is 0 Å². The first-order valence-corrected chi connectivity index (χ1v) is 13.0. The van der Waals surface area contributed by atoms with E-state index in [0.29, 0.717) is 26.4 Å². The van der Waals surface area contributed by atoms with Crippen LogP contribution in [0.15, 0.2) is 12.1 Å². The average Bonchev–Trinajstić information content (AvgIpc) is 2.60. The predicted octanol–water partition coefficient (Wildman–Crippen LogP) is 8.95. The lowest BCUT2D eigenvalue weighted by molar-refractivity contribution is 0.197. The number of hydrogen-bond donors (Lipinski definition) is 0. The smallest absolute Gasteiger partial charge is 0.165 e. The molecular formula is C30H54O4. The van der Waals surface area contributed by atoms with Crippen LogP contribution in [0.4, 0.5) is 0 Å². The van der Waals surface area contributed by atoms with Crippen LogP contribution in [-0.2, 0) is 0 Å². The molecule has 0 N–H and O–H groups in total. The summed E-state index contributed by atoms with van der Waals surface area (Å²) in [5.41, 5.74) is 0.815. The highest BCUT2D eigenvalue weighted by Crippen LogP contribution is 2.41. The third kappa shape index (κ3) is 14.6. The molecule has 0 fully saturated rings. The van der Waals surface area contributed by atoms with E-state index in [1.165, 1.54) is 0 Å². The van der Waals surface area contributed by atoms with Crippen molar-refractivity contribution in [2.75, 3.05) is 26.4 Å². The van der Waals surface area contributed by atoms with Crippen LogP contribution in [0, 0.1) is 21.7 Å². The molecular weight excluding hydrogens is 424 g/mol. The predicted molar refractivity (Wildman–Crippen MR) is 145 cm³/mol. The van der Waals surface area contributed by atoms with Gasteiger partial charge in [-0.2, -0.15) is 0 Å². The molecule has 0 atom stereocenters. The first-order valence-electron chi connectivity index (χ1n) is 13.0. The summed E-state index contributed by atoms with van der Waals surface area (Å²) in [6.07, 6.45) is 3.83. The quantitative estimate of drug-likeness (QED) is 0.300. The molecule has 4 heteroatoms. The van der Waals surface area contributed by atoms with Gasteiger partial charge in [-0.3, -0.25) is 0 Å². The van der Waals surface area contributed by atoms with Crippen molar-refractivity contribution in [2.24, 2.45) is 21.7 Å². The molecule has 0 saturated heterocycles. The van der Waals surface area contributed by atoms with Crippen molar-refractivity contribution in [3.63, 3.8) is 0 Å². The minimum Gasteiger partial charge on any atom is -0.490 e. The SMILES string of the molecule is CC(C)(C)CCOc1cc(OCCC(C)(C)C)c(OCCC(C)(C)C)cc1OCCC(C)(C)C. The molecule has 1 rings (SSSR count). The summed E-state index contributed by atoms with van der Waals surface area (Å²) in [5, 5.41) is 0. The molecule has 0 aliphatic heterocycles. The lowest BCUT2D eigenvalue weighted by Crippen LogP contribution is -2.15. The van der Waals surface area contributed by atoms with E-state index in [0.717, 1.165) is 48.7 Å². The Balaban J connectivity index is 3.17. The van der Waals surface area contributed by atoms with Crippen molar-refractivity contribution in [1.29, 1.82) is 0 Å². The molecule has 0 saturated carbocycles. The molecule has 34 heavy (non-hydrogen) atoms. The molecule has 0 radical (unpaired) electrons. The molecule has 0 aliphatic rings. The van der Waals surface area contributed by atoms with Crippen LogP contribution >= 0.6 is 0 Å². The number of hydrogen-bond acceptors (Lipinski definition) is 4. The fourth-order valence-corrected chi connectivity index (χ4v) is 2.84. The van der Waals surface area contributed by atoms with Crippen LogP contribution in [-0.4, -0.2) is 26.4 Å². The highest BCUT2D eigenvalue weighted by atomic mass is 16.5. The molecule has 0 unspecified atom stereocenters. The molecule has 1 aromatic carbocycles. The van der Waals surface area contributed by atoms with Crippen molar-refractivity contribution < 1.29 is 18.9 Å². The monoisotopic (exact) mass is 478 g/mol. The van der Waals surface area contributed by atoms with Crippen LogP contribution in [0.3, 0.4) is 0 Å². The summed E-state index contributed by atoms with van der Waals surface area (Å²) in [7, 11) is 0. The second-order valence-electron chi connectivity index (χ2n) is 14.4. The van der Waals surface area contributed by atoms with E-state index in [-0.39, 0.29) is 21.7 Å². The first-order chi connectivity index (χ1) is 15.3. The number of rotatable bonds is 12. The second-order valence-corrected chi connectivity index (χ2v) is 14.4. The van der Waals surface area contributed by atoms with Crippen molar-refractivity contribution in [2.45, 2.75) is 109 Å². The zero-order chi connectivity index (χ0) is 26.2. The lowest BCUT2D eigenvalue weighted by atomic mass is 9.93. The topological polar surface area (TPSA) is 36.9 Å². The molecule has 0 bridgehead atoms. The van der Waals surface area contributed by atoms with E-state index >= 15 is 0 Å². The average molecular weight is 479 g/mol. The molecule has 0 aromatic heterocycles. The van der Waals surface area contributed by atoms with E-state index in [2.05, 4.69) is 83.1 Å². The molecule has 1 aromatic rings. The van der Waals surface area contributed by atoms with E-state index in [4.69, 9.17) is 18.9 Å². The van der Waals surface area contributed by atoms with Gasteiger partial charge in [-0.25, -0.2) is 0 Å². The Labute approximate surface area is 211 Å². The van der Waals surface area contributed by atoms with Gasteiger partial charge in [-0.05, 0) is 47.3 Å². The standard InChI is InChI=1S/C30H54O4/c1-27(2,3)13-17-31-23-21-25(33-19-15-29(7,8)9)26(34-20-16-30(10,11)12)22-24(23)32-18-14-28(4,5)6/h21-22H,13-20H2,1-12H3. The minimum atomic E-state index is 0.204. The van der Waals surface area contributed by atoms with Crippen molar-refractivity contribution in [1.82, 2.24) is 0 Å². The normalized spacial score (nSPS) is 13.1. The van der Waals surface area contributed by atoms with Gasteiger partial charge < -0.3 is 18.9 Å². The van der Waals surface area contributed by atoms with Gasteiger partial charge in [-0.15, -0.1) is 0 Å². The molecule has 198 valence electrons. The van der Waals surface area contributed by atoms with Crippen molar-refractivity contribution in [3.8, 4) is 23.0 Å². The molecule has 0 heterocycles.